The second-order valence-electron chi connectivity index (χ2n) is 8.72. The first kappa shape index (κ1) is 22.8. The minimum absolute atomic E-state index is 0.00781. The Kier molecular flexibility index (Phi) is 6.35. The van der Waals surface area contributed by atoms with Crippen molar-refractivity contribution in [3.8, 4) is 17.2 Å². The SMILES string of the molecule is COc1cccc(N2CCN(C(=O)CC[C@@H]3NC(=O)N(Cc4ccc5c(c4)OCO5)C3=O)CC2)c1. The van der Waals surface area contributed by atoms with Crippen molar-refractivity contribution in [2.45, 2.75) is 25.4 Å². The summed E-state index contributed by atoms with van der Waals surface area (Å²) in [5.41, 5.74) is 1.83. The lowest BCUT2D eigenvalue weighted by molar-refractivity contribution is -0.132. The average molecular weight is 481 g/mol. The predicted molar refractivity (Wildman–Crippen MR) is 126 cm³/mol. The number of fused-ring (bicyclic) bond motifs is 1. The van der Waals surface area contributed by atoms with Gasteiger partial charge >= 0.3 is 6.03 Å². The number of urea groups is 1. The van der Waals surface area contributed by atoms with Gasteiger partial charge in [-0.3, -0.25) is 14.5 Å². The van der Waals surface area contributed by atoms with Gasteiger partial charge in [-0.25, -0.2) is 4.79 Å². The molecule has 2 aromatic rings. The minimum Gasteiger partial charge on any atom is -0.497 e. The molecule has 0 aromatic heterocycles. The second kappa shape index (κ2) is 9.73. The quantitative estimate of drug-likeness (QED) is 0.605. The Bertz CT molecular complexity index is 1130. The molecular weight excluding hydrogens is 452 g/mol. The molecule has 0 saturated carbocycles. The Hall–Kier alpha value is -3.95. The molecule has 2 fully saturated rings. The zero-order valence-corrected chi connectivity index (χ0v) is 19.6. The maximum absolute atomic E-state index is 12.8. The van der Waals surface area contributed by atoms with Crippen LogP contribution >= 0.6 is 0 Å². The summed E-state index contributed by atoms with van der Waals surface area (Å²) in [4.78, 5) is 43.3. The Morgan fingerprint density at radius 2 is 1.86 bits per heavy atom. The fraction of sp³-hybridized carbons (Fsp3) is 0.400. The molecule has 0 radical (unpaired) electrons. The van der Waals surface area contributed by atoms with E-state index >= 15 is 0 Å². The third-order valence-electron chi connectivity index (χ3n) is 6.58. The zero-order valence-electron chi connectivity index (χ0n) is 19.6. The molecular formula is C25H28N4O6. The number of hydrogen-bond donors (Lipinski definition) is 1. The third kappa shape index (κ3) is 4.82. The van der Waals surface area contributed by atoms with E-state index in [2.05, 4.69) is 10.2 Å². The molecule has 0 unspecified atom stereocenters. The molecule has 0 aliphatic carbocycles. The topological polar surface area (TPSA) is 101 Å². The lowest BCUT2D eigenvalue weighted by Crippen LogP contribution is -2.49. The van der Waals surface area contributed by atoms with Gasteiger partial charge in [-0.15, -0.1) is 0 Å². The monoisotopic (exact) mass is 480 g/mol. The molecule has 10 heteroatoms. The predicted octanol–water partition coefficient (Wildman–Crippen LogP) is 1.97. The van der Waals surface area contributed by atoms with Crippen molar-refractivity contribution in [1.82, 2.24) is 15.1 Å². The number of nitrogens with one attached hydrogen (secondary N) is 1. The molecule has 0 bridgehead atoms. The standard InChI is InChI=1S/C25H28N4O6/c1-33-19-4-2-3-18(14-19)27-9-11-28(12-10-27)23(30)8-6-20-24(31)29(25(32)26-20)15-17-5-7-21-22(13-17)35-16-34-21/h2-5,7,13-14,20H,6,8-12,15-16H2,1H3,(H,26,32)/t20-/m0/s1. The molecule has 0 spiro atoms. The number of methoxy groups -OCH3 is 1. The van der Waals surface area contributed by atoms with E-state index in [9.17, 15) is 14.4 Å². The molecule has 10 nitrogen and oxygen atoms in total. The number of anilines is 1. The number of amides is 4. The van der Waals surface area contributed by atoms with E-state index in [4.69, 9.17) is 14.2 Å². The van der Waals surface area contributed by atoms with Crippen LogP contribution < -0.4 is 24.4 Å². The Morgan fingerprint density at radius 1 is 1.06 bits per heavy atom. The van der Waals surface area contributed by atoms with Crippen LogP contribution in [0.3, 0.4) is 0 Å². The fourth-order valence-corrected chi connectivity index (χ4v) is 4.59. The molecule has 184 valence electrons. The van der Waals surface area contributed by atoms with Gasteiger partial charge in [0.1, 0.15) is 11.8 Å². The molecule has 3 aliphatic heterocycles. The van der Waals surface area contributed by atoms with Crippen LogP contribution in [0.25, 0.3) is 0 Å². The number of carbonyl (C=O) groups is 3. The number of carbonyl (C=O) groups excluding carboxylic acids is 3. The molecule has 3 aliphatic rings. The zero-order chi connectivity index (χ0) is 24.4. The first-order valence-electron chi connectivity index (χ1n) is 11.7. The summed E-state index contributed by atoms with van der Waals surface area (Å²) >= 11 is 0. The first-order valence-corrected chi connectivity index (χ1v) is 11.7. The Labute approximate surface area is 203 Å². The molecule has 4 amide bonds. The minimum atomic E-state index is -0.696. The van der Waals surface area contributed by atoms with Crippen molar-refractivity contribution >= 4 is 23.5 Å². The summed E-state index contributed by atoms with van der Waals surface area (Å²) in [5, 5.41) is 2.71. The van der Waals surface area contributed by atoms with Crippen LogP contribution in [0.5, 0.6) is 17.2 Å². The maximum Gasteiger partial charge on any atom is 0.325 e. The maximum atomic E-state index is 12.8. The van der Waals surface area contributed by atoms with Crippen LogP contribution in [-0.4, -0.2) is 73.8 Å². The van der Waals surface area contributed by atoms with Gasteiger partial charge in [-0.05, 0) is 36.2 Å². The van der Waals surface area contributed by atoms with Gasteiger partial charge in [0.15, 0.2) is 11.5 Å². The highest BCUT2D eigenvalue weighted by Crippen LogP contribution is 2.33. The van der Waals surface area contributed by atoms with Crippen LogP contribution in [0, 0.1) is 0 Å². The summed E-state index contributed by atoms with van der Waals surface area (Å²) in [6.45, 7) is 2.96. The number of ether oxygens (including phenoxy) is 3. The largest absolute Gasteiger partial charge is 0.497 e. The molecule has 2 saturated heterocycles. The number of hydrogen-bond acceptors (Lipinski definition) is 7. The number of rotatable bonds is 7. The van der Waals surface area contributed by atoms with Gasteiger partial charge in [0.05, 0.1) is 13.7 Å². The van der Waals surface area contributed by atoms with Gasteiger partial charge in [0.25, 0.3) is 5.91 Å². The van der Waals surface area contributed by atoms with Gasteiger partial charge in [-0.2, -0.15) is 0 Å². The highest BCUT2D eigenvalue weighted by Gasteiger charge is 2.38. The van der Waals surface area contributed by atoms with Crippen molar-refractivity contribution in [2.24, 2.45) is 0 Å². The van der Waals surface area contributed by atoms with E-state index in [1.807, 2.05) is 29.2 Å². The van der Waals surface area contributed by atoms with Gasteiger partial charge in [0, 0.05) is 44.4 Å². The van der Waals surface area contributed by atoms with Crippen molar-refractivity contribution in [2.75, 3.05) is 45.0 Å². The van der Waals surface area contributed by atoms with E-state index in [1.165, 1.54) is 4.90 Å². The molecule has 5 rings (SSSR count). The van der Waals surface area contributed by atoms with E-state index in [0.29, 0.717) is 24.6 Å². The van der Waals surface area contributed by atoms with E-state index < -0.39 is 12.1 Å². The number of benzene rings is 2. The average Bonchev–Trinajstić information content (AvgIpc) is 3.47. The van der Waals surface area contributed by atoms with Crippen molar-refractivity contribution in [1.29, 1.82) is 0 Å². The second-order valence-corrected chi connectivity index (χ2v) is 8.72. The molecule has 3 heterocycles. The Balaban J connectivity index is 1.11. The molecule has 1 atom stereocenters. The third-order valence-corrected chi connectivity index (χ3v) is 6.58. The summed E-state index contributed by atoms with van der Waals surface area (Å²) in [7, 11) is 1.64. The normalized spacial score (nSPS) is 19.2. The van der Waals surface area contributed by atoms with Crippen molar-refractivity contribution in [3.63, 3.8) is 0 Å². The van der Waals surface area contributed by atoms with Crippen LogP contribution in [0.4, 0.5) is 10.5 Å². The lowest BCUT2D eigenvalue weighted by Gasteiger charge is -2.36. The first-order chi connectivity index (χ1) is 17.0. The highest BCUT2D eigenvalue weighted by molar-refractivity contribution is 6.04. The number of imide groups is 1. The number of piperazine rings is 1. The number of nitrogens with zero attached hydrogens (tertiary/aromatic N) is 3. The van der Waals surface area contributed by atoms with Gasteiger partial charge in [0.2, 0.25) is 12.7 Å². The van der Waals surface area contributed by atoms with Crippen LogP contribution in [0.15, 0.2) is 42.5 Å². The molecule has 2 aromatic carbocycles. The van der Waals surface area contributed by atoms with Gasteiger partial charge in [-0.1, -0.05) is 12.1 Å². The van der Waals surface area contributed by atoms with Crippen molar-refractivity contribution < 1.29 is 28.6 Å². The van der Waals surface area contributed by atoms with Gasteiger partial charge < -0.3 is 29.3 Å². The van der Waals surface area contributed by atoms with E-state index in [-0.39, 0.29) is 38.0 Å². The fourth-order valence-electron chi connectivity index (χ4n) is 4.59. The molecule has 1 N–H and O–H groups in total. The highest BCUT2D eigenvalue weighted by atomic mass is 16.7. The van der Waals surface area contributed by atoms with Crippen molar-refractivity contribution in [3.05, 3.63) is 48.0 Å². The smallest absolute Gasteiger partial charge is 0.325 e. The summed E-state index contributed by atoms with van der Waals surface area (Å²) in [6.07, 6.45) is 0.477. The van der Waals surface area contributed by atoms with E-state index in [0.717, 1.165) is 30.1 Å². The molecule has 35 heavy (non-hydrogen) atoms. The van der Waals surface area contributed by atoms with E-state index in [1.54, 1.807) is 25.3 Å². The lowest BCUT2D eigenvalue weighted by atomic mass is 10.1. The van der Waals surface area contributed by atoms with Crippen LogP contribution in [0.1, 0.15) is 18.4 Å². The summed E-state index contributed by atoms with van der Waals surface area (Å²) in [5.74, 6) is 1.72. The summed E-state index contributed by atoms with van der Waals surface area (Å²) in [6, 6.07) is 12.1. The Morgan fingerprint density at radius 3 is 2.66 bits per heavy atom. The van der Waals surface area contributed by atoms with Crippen LogP contribution in [-0.2, 0) is 16.1 Å². The summed E-state index contributed by atoms with van der Waals surface area (Å²) < 4.78 is 16.0. The van der Waals surface area contributed by atoms with Crippen LogP contribution in [0.2, 0.25) is 0 Å².